The first kappa shape index (κ1) is 33.0. The molecule has 2 nitrogen and oxygen atoms in total. The second-order valence-corrected chi connectivity index (χ2v) is 15.9. The van der Waals surface area contributed by atoms with Gasteiger partial charge >= 0.3 is 0 Å². The fourth-order valence-electron chi connectivity index (χ4n) is 10.1. The van der Waals surface area contributed by atoms with Gasteiger partial charge in [-0.15, -0.1) is 0 Å². The average Bonchev–Trinajstić information content (AvgIpc) is 3.79. The molecule has 0 N–H and O–H groups in total. The molecule has 2 aliphatic carbocycles. The SMILES string of the molecule is C1=CCCC(c2ccc3c(c2)c2ccccc2n3-c2ccc(C3(c4ccc(-n5c6ccccc6c6cc(-c7ccccc7)ccc65)cc4)CCCCC3)cc2)=C1. The Hall–Kier alpha value is -6.38. The van der Waals surface area contributed by atoms with Gasteiger partial charge in [-0.25, -0.2) is 0 Å². The van der Waals surface area contributed by atoms with Crippen molar-refractivity contribution >= 4 is 49.2 Å². The third-order valence-corrected chi connectivity index (χ3v) is 12.9. The largest absolute Gasteiger partial charge is 0.309 e. The van der Waals surface area contributed by atoms with Crippen LogP contribution in [-0.4, -0.2) is 9.13 Å². The van der Waals surface area contributed by atoms with Crippen LogP contribution in [0.2, 0.25) is 0 Å². The standard InChI is InChI=1S/C54H44N2/c1-4-14-38(15-5-1)40-22-32-52-48(36-40)46-18-8-10-20-50(46)55(52)44-28-24-42(25-29-44)54(34-12-3-13-35-54)43-26-30-45(31-27-43)56-51-21-11-9-19-47(51)49-37-41(23-33-53(49)56)39-16-6-2-7-17-39/h1-2,4-6,8-11,14-16,18-33,36-37H,3,7,12-13,17,34-35H2. The van der Waals surface area contributed by atoms with Crippen molar-refractivity contribution in [3.05, 3.63) is 199 Å². The number of nitrogens with zero attached hydrogens (tertiary/aromatic N) is 2. The highest BCUT2D eigenvalue weighted by molar-refractivity contribution is 6.11. The van der Waals surface area contributed by atoms with Crippen LogP contribution in [0.3, 0.4) is 0 Å². The minimum Gasteiger partial charge on any atom is -0.309 e. The van der Waals surface area contributed by atoms with Gasteiger partial charge < -0.3 is 9.13 Å². The molecule has 0 bridgehead atoms. The topological polar surface area (TPSA) is 9.86 Å². The molecule has 0 spiro atoms. The van der Waals surface area contributed by atoms with Crippen LogP contribution in [0.25, 0.3) is 71.7 Å². The fraction of sp³-hybridized carbons (Fsp3) is 0.148. The molecule has 0 aliphatic heterocycles. The van der Waals surface area contributed by atoms with Gasteiger partial charge in [-0.3, -0.25) is 0 Å². The van der Waals surface area contributed by atoms with E-state index in [4.69, 9.17) is 0 Å². The summed E-state index contributed by atoms with van der Waals surface area (Å²) in [5, 5.41) is 5.21. The number of aromatic nitrogens is 2. The lowest BCUT2D eigenvalue weighted by atomic mass is 9.65. The van der Waals surface area contributed by atoms with Crippen molar-refractivity contribution < 1.29 is 0 Å². The maximum Gasteiger partial charge on any atom is 0.0541 e. The van der Waals surface area contributed by atoms with Gasteiger partial charge in [0.25, 0.3) is 0 Å². The molecule has 2 heteroatoms. The summed E-state index contributed by atoms with van der Waals surface area (Å²) in [6.45, 7) is 0. The Morgan fingerprint density at radius 2 is 0.929 bits per heavy atom. The van der Waals surface area contributed by atoms with Gasteiger partial charge in [-0.05, 0) is 120 Å². The molecule has 2 aliphatic rings. The minimum atomic E-state index is -0.00138. The van der Waals surface area contributed by atoms with Gasteiger partial charge in [-0.2, -0.15) is 0 Å². The zero-order valence-electron chi connectivity index (χ0n) is 31.7. The van der Waals surface area contributed by atoms with Crippen molar-refractivity contribution in [2.45, 2.75) is 50.4 Å². The van der Waals surface area contributed by atoms with Gasteiger partial charge in [0.1, 0.15) is 0 Å². The first-order valence-electron chi connectivity index (χ1n) is 20.5. The van der Waals surface area contributed by atoms with Crippen molar-refractivity contribution in [2.75, 3.05) is 0 Å². The number of rotatable bonds is 6. The maximum absolute atomic E-state index is 2.46. The zero-order chi connectivity index (χ0) is 37.1. The molecular formula is C54H44N2. The molecule has 2 aromatic heterocycles. The van der Waals surface area contributed by atoms with Crippen LogP contribution in [0.5, 0.6) is 0 Å². The molecule has 1 fully saturated rings. The van der Waals surface area contributed by atoms with E-state index < -0.39 is 0 Å². The third-order valence-electron chi connectivity index (χ3n) is 12.9. The van der Waals surface area contributed by atoms with E-state index in [2.05, 4.69) is 191 Å². The molecule has 2 heterocycles. The summed E-state index contributed by atoms with van der Waals surface area (Å²) in [6.07, 6.45) is 15.1. The number of hydrogen-bond acceptors (Lipinski definition) is 0. The van der Waals surface area contributed by atoms with E-state index in [1.165, 1.54) is 120 Å². The van der Waals surface area contributed by atoms with Crippen LogP contribution in [0.4, 0.5) is 0 Å². The normalized spacial score (nSPS) is 15.5. The number of fused-ring (bicyclic) bond motifs is 6. The fourth-order valence-corrected chi connectivity index (χ4v) is 10.1. The van der Waals surface area contributed by atoms with Crippen molar-refractivity contribution in [3.63, 3.8) is 0 Å². The van der Waals surface area contributed by atoms with E-state index in [1.807, 2.05) is 0 Å². The lowest BCUT2D eigenvalue weighted by Crippen LogP contribution is -2.30. The Balaban J connectivity index is 0.974. The van der Waals surface area contributed by atoms with Crippen LogP contribution in [0, 0.1) is 0 Å². The molecule has 0 amide bonds. The highest BCUT2D eigenvalue weighted by atomic mass is 15.0. The summed E-state index contributed by atoms with van der Waals surface area (Å²) in [4.78, 5) is 0. The number of allylic oxidation sites excluding steroid dienone is 4. The van der Waals surface area contributed by atoms with Crippen LogP contribution in [0.15, 0.2) is 182 Å². The van der Waals surface area contributed by atoms with Crippen LogP contribution in [0.1, 0.15) is 61.6 Å². The summed E-state index contributed by atoms with van der Waals surface area (Å²) in [6, 6.07) is 61.6. The van der Waals surface area contributed by atoms with E-state index in [-0.39, 0.29) is 5.41 Å². The summed E-state index contributed by atoms with van der Waals surface area (Å²) < 4.78 is 4.91. The molecule has 0 unspecified atom stereocenters. The molecule has 9 aromatic rings. The average molecular weight is 721 g/mol. The molecule has 11 rings (SSSR count). The van der Waals surface area contributed by atoms with E-state index in [9.17, 15) is 0 Å². The molecule has 56 heavy (non-hydrogen) atoms. The highest BCUT2D eigenvalue weighted by Crippen LogP contribution is 2.46. The van der Waals surface area contributed by atoms with Gasteiger partial charge in [0.05, 0.1) is 22.1 Å². The summed E-state index contributed by atoms with van der Waals surface area (Å²) >= 11 is 0. The van der Waals surface area contributed by atoms with Gasteiger partial charge in [0.15, 0.2) is 0 Å². The van der Waals surface area contributed by atoms with Gasteiger partial charge in [0.2, 0.25) is 0 Å². The lowest BCUT2D eigenvalue weighted by molar-refractivity contribution is 0.346. The third kappa shape index (κ3) is 5.31. The van der Waals surface area contributed by atoms with E-state index >= 15 is 0 Å². The van der Waals surface area contributed by atoms with E-state index in [0.717, 1.165) is 12.8 Å². The second kappa shape index (κ2) is 13.4. The van der Waals surface area contributed by atoms with Crippen molar-refractivity contribution in [1.29, 1.82) is 0 Å². The predicted molar refractivity (Wildman–Crippen MR) is 237 cm³/mol. The van der Waals surface area contributed by atoms with Crippen molar-refractivity contribution in [3.8, 4) is 22.5 Å². The van der Waals surface area contributed by atoms with E-state index in [0.29, 0.717) is 0 Å². The van der Waals surface area contributed by atoms with Crippen molar-refractivity contribution in [1.82, 2.24) is 9.13 Å². The molecular weight excluding hydrogens is 677 g/mol. The van der Waals surface area contributed by atoms with E-state index in [1.54, 1.807) is 0 Å². The minimum absolute atomic E-state index is 0.00138. The van der Waals surface area contributed by atoms with Crippen LogP contribution >= 0.6 is 0 Å². The maximum atomic E-state index is 2.46. The van der Waals surface area contributed by atoms with Crippen LogP contribution in [-0.2, 0) is 5.41 Å². The summed E-state index contributed by atoms with van der Waals surface area (Å²) in [5.74, 6) is 0. The second-order valence-electron chi connectivity index (χ2n) is 15.9. The molecule has 0 saturated heterocycles. The monoisotopic (exact) mass is 720 g/mol. The number of hydrogen-bond donors (Lipinski definition) is 0. The number of benzene rings is 7. The predicted octanol–water partition coefficient (Wildman–Crippen LogP) is 14.5. The Bertz CT molecular complexity index is 2960. The van der Waals surface area contributed by atoms with Gasteiger partial charge in [0, 0.05) is 38.3 Å². The number of para-hydroxylation sites is 2. The highest BCUT2D eigenvalue weighted by Gasteiger charge is 2.36. The Morgan fingerprint density at radius 1 is 0.411 bits per heavy atom. The molecule has 0 radical (unpaired) electrons. The Kier molecular flexibility index (Phi) is 7.91. The summed E-state index contributed by atoms with van der Waals surface area (Å²) in [7, 11) is 0. The zero-order valence-corrected chi connectivity index (χ0v) is 31.7. The molecule has 0 atom stereocenters. The Morgan fingerprint density at radius 3 is 1.50 bits per heavy atom. The lowest BCUT2D eigenvalue weighted by Gasteiger charge is -2.39. The molecule has 270 valence electrons. The quantitative estimate of drug-likeness (QED) is 0.162. The van der Waals surface area contributed by atoms with Crippen molar-refractivity contribution in [2.24, 2.45) is 0 Å². The molecule has 1 saturated carbocycles. The molecule has 7 aromatic carbocycles. The van der Waals surface area contributed by atoms with Crippen LogP contribution < -0.4 is 0 Å². The first-order valence-corrected chi connectivity index (χ1v) is 20.5. The Labute approximate surface area is 328 Å². The smallest absolute Gasteiger partial charge is 0.0541 e. The van der Waals surface area contributed by atoms with Gasteiger partial charge in [-0.1, -0.05) is 141 Å². The first-order chi connectivity index (χ1) is 27.7. The summed E-state index contributed by atoms with van der Waals surface area (Å²) in [5.41, 5.74) is 15.5.